The normalized spacial score (nSPS) is 30.4. The Labute approximate surface area is 103 Å². The first-order valence-electron chi connectivity index (χ1n) is 6.63. The fourth-order valence-electron chi connectivity index (χ4n) is 2.95. The van der Waals surface area contributed by atoms with Gasteiger partial charge in [0.05, 0.1) is 5.69 Å². The monoisotopic (exact) mass is 231 g/mol. The summed E-state index contributed by atoms with van der Waals surface area (Å²) in [6.07, 6.45) is 4.69. The highest BCUT2D eigenvalue weighted by Gasteiger charge is 2.43. The van der Waals surface area contributed by atoms with Gasteiger partial charge in [0.25, 0.3) is 0 Å². The Balaban J connectivity index is 1.64. The van der Waals surface area contributed by atoms with E-state index in [1.165, 1.54) is 18.5 Å². The summed E-state index contributed by atoms with van der Waals surface area (Å²) >= 11 is 0. The van der Waals surface area contributed by atoms with Crippen molar-refractivity contribution in [1.29, 1.82) is 0 Å². The van der Waals surface area contributed by atoms with Crippen LogP contribution in [0.15, 0.2) is 24.4 Å². The first-order chi connectivity index (χ1) is 8.26. The van der Waals surface area contributed by atoms with Crippen LogP contribution in [0.5, 0.6) is 0 Å². The Morgan fingerprint density at radius 1 is 1.47 bits per heavy atom. The molecule has 0 aromatic carbocycles. The second-order valence-corrected chi connectivity index (χ2v) is 5.65. The summed E-state index contributed by atoms with van der Waals surface area (Å²) in [4.78, 5) is 6.96. The number of pyridine rings is 1. The molecule has 0 amide bonds. The lowest BCUT2D eigenvalue weighted by molar-refractivity contribution is 0.120. The lowest BCUT2D eigenvalue weighted by Gasteiger charge is -2.41. The van der Waals surface area contributed by atoms with E-state index in [1.807, 2.05) is 12.3 Å². The smallest absolute Gasteiger partial charge is 0.0543 e. The van der Waals surface area contributed by atoms with Crippen molar-refractivity contribution in [1.82, 2.24) is 15.2 Å². The Kier molecular flexibility index (Phi) is 2.89. The Morgan fingerprint density at radius 2 is 2.35 bits per heavy atom. The van der Waals surface area contributed by atoms with Crippen molar-refractivity contribution in [3.8, 4) is 0 Å². The number of nitrogens with one attached hydrogen (secondary N) is 1. The molecule has 3 nitrogen and oxygen atoms in total. The molecule has 1 saturated heterocycles. The zero-order valence-corrected chi connectivity index (χ0v) is 10.5. The second-order valence-electron chi connectivity index (χ2n) is 5.65. The number of rotatable bonds is 3. The minimum Gasteiger partial charge on any atom is -0.309 e. The molecule has 1 saturated carbocycles. The van der Waals surface area contributed by atoms with Gasteiger partial charge in [0.1, 0.15) is 0 Å². The molecule has 0 spiro atoms. The van der Waals surface area contributed by atoms with E-state index in [0.29, 0.717) is 5.54 Å². The SMILES string of the molecule is CC1(C2CC2)CN(Cc2ccccn2)CCN1. The van der Waals surface area contributed by atoms with Gasteiger partial charge in [-0.2, -0.15) is 0 Å². The number of piperazine rings is 1. The Morgan fingerprint density at radius 3 is 3.06 bits per heavy atom. The van der Waals surface area contributed by atoms with Gasteiger partial charge in [-0.25, -0.2) is 0 Å². The van der Waals surface area contributed by atoms with Crippen LogP contribution in [0, 0.1) is 5.92 Å². The molecule has 1 aromatic rings. The van der Waals surface area contributed by atoms with E-state index in [9.17, 15) is 0 Å². The summed E-state index contributed by atoms with van der Waals surface area (Å²) in [5.74, 6) is 0.897. The van der Waals surface area contributed by atoms with Gasteiger partial charge in [0, 0.05) is 37.9 Å². The van der Waals surface area contributed by atoms with Crippen molar-refractivity contribution < 1.29 is 0 Å². The van der Waals surface area contributed by atoms with Crippen LogP contribution in [0.3, 0.4) is 0 Å². The third-order valence-electron chi connectivity index (χ3n) is 4.10. The van der Waals surface area contributed by atoms with Crippen molar-refractivity contribution in [2.45, 2.75) is 31.8 Å². The van der Waals surface area contributed by atoms with Crippen LogP contribution in [0.2, 0.25) is 0 Å². The molecule has 0 radical (unpaired) electrons. The van der Waals surface area contributed by atoms with Crippen LogP contribution in [-0.2, 0) is 6.54 Å². The van der Waals surface area contributed by atoms with Gasteiger partial charge in [0.2, 0.25) is 0 Å². The molecule has 2 fully saturated rings. The predicted octanol–water partition coefficient (Wildman–Crippen LogP) is 1.66. The quantitative estimate of drug-likeness (QED) is 0.857. The van der Waals surface area contributed by atoms with Crippen molar-refractivity contribution >= 4 is 0 Å². The summed E-state index contributed by atoms with van der Waals surface area (Å²) in [7, 11) is 0. The average molecular weight is 231 g/mol. The minimum absolute atomic E-state index is 0.340. The molecule has 1 unspecified atom stereocenters. The summed E-state index contributed by atoms with van der Waals surface area (Å²) in [6, 6.07) is 6.18. The van der Waals surface area contributed by atoms with E-state index in [4.69, 9.17) is 0 Å². The van der Waals surface area contributed by atoms with Crippen LogP contribution in [-0.4, -0.2) is 35.1 Å². The molecular formula is C14H21N3. The van der Waals surface area contributed by atoms with Gasteiger partial charge in [-0.05, 0) is 37.8 Å². The zero-order valence-electron chi connectivity index (χ0n) is 10.5. The largest absolute Gasteiger partial charge is 0.309 e. The number of hydrogen-bond donors (Lipinski definition) is 1. The maximum absolute atomic E-state index is 4.42. The molecule has 1 aliphatic carbocycles. The molecule has 92 valence electrons. The average Bonchev–Trinajstić information content (AvgIpc) is 3.14. The van der Waals surface area contributed by atoms with Gasteiger partial charge in [0.15, 0.2) is 0 Å². The molecule has 1 aliphatic heterocycles. The van der Waals surface area contributed by atoms with Gasteiger partial charge < -0.3 is 5.32 Å². The maximum Gasteiger partial charge on any atom is 0.0543 e. The number of nitrogens with zero attached hydrogens (tertiary/aromatic N) is 2. The summed E-state index contributed by atoms with van der Waals surface area (Å²) in [5.41, 5.74) is 1.53. The van der Waals surface area contributed by atoms with Crippen molar-refractivity contribution in [2.24, 2.45) is 5.92 Å². The van der Waals surface area contributed by atoms with Crippen molar-refractivity contribution in [2.75, 3.05) is 19.6 Å². The van der Waals surface area contributed by atoms with E-state index in [0.717, 1.165) is 32.1 Å². The second kappa shape index (κ2) is 4.39. The van der Waals surface area contributed by atoms with Crippen LogP contribution < -0.4 is 5.32 Å². The van der Waals surface area contributed by atoms with Crippen LogP contribution in [0.1, 0.15) is 25.5 Å². The van der Waals surface area contributed by atoms with Crippen LogP contribution >= 0.6 is 0 Å². The zero-order chi connectivity index (χ0) is 11.7. The molecule has 1 atom stereocenters. The fraction of sp³-hybridized carbons (Fsp3) is 0.643. The number of hydrogen-bond acceptors (Lipinski definition) is 3. The van der Waals surface area contributed by atoms with Gasteiger partial charge in [-0.3, -0.25) is 9.88 Å². The first kappa shape index (κ1) is 11.2. The molecule has 3 rings (SSSR count). The van der Waals surface area contributed by atoms with E-state index >= 15 is 0 Å². The summed E-state index contributed by atoms with van der Waals surface area (Å²) < 4.78 is 0. The summed E-state index contributed by atoms with van der Waals surface area (Å²) in [6.45, 7) is 6.78. The van der Waals surface area contributed by atoms with Crippen LogP contribution in [0.4, 0.5) is 0 Å². The molecule has 3 heteroatoms. The minimum atomic E-state index is 0.340. The van der Waals surface area contributed by atoms with E-state index in [-0.39, 0.29) is 0 Å². The Bertz CT molecular complexity index is 374. The maximum atomic E-state index is 4.42. The van der Waals surface area contributed by atoms with Gasteiger partial charge in [-0.15, -0.1) is 0 Å². The molecule has 1 N–H and O–H groups in total. The third-order valence-corrected chi connectivity index (χ3v) is 4.10. The molecular weight excluding hydrogens is 210 g/mol. The Hall–Kier alpha value is -0.930. The molecule has 1 aromatic heterocycles. The third kappa shape index (κ3) is 2.50. The van der Waals surface area contributed by atoms with E-state index < -0.39 is 0 Å². The standard InChI is InChI=1S/C14H21N3/c1-14(12-5-6-12)11-17(9-8-16-14)10-13-4-2-3-7-15-13/h2-4,7,12,16H,5-6,8-11H2,1H3. The lowest BCUT2D eigenvalue weighted by atomic mass is 9.93. The molecule has 0 bridgehead atoms. The lowest BCUT2D eigenvalue weighted by Crippen LogP contribution is -2.59. The van der Waals surface area contributed by atoms with Crippen LogP contribution in [0.25, 0.3) is 0 Å². The van der Waals surface area contributed by atoms with E-state index in [2.05, 4.69) is 34.3 Å². The summed E-state index contributed by atoms with van der Waals surface area (Å²) in [5, 5.41) is 3.71. The first-order valence-corrected chi connectivity index (χ1v) is 6.63. The van der Waals surface area contributed by atoms with Crippen molar-refractivity contribution in [3.63, 3.8) is 0 Å². The molecule has 17 heavy (non-hydrogen) atoms. The highest BCUT2D eigenvalue weighted by molar-refractivity contribution is 5.06. The highest BCUT2D eigenvalue weighted by Crippen LogP contribution is 2.40. The molecule has 2 aliphatic rings. The fourth-order valence-corrected chi connectivity index (χ4v) is 2.95. The topological polar surface area (TPSA) is 28.2 Å². The highest BCUT2D eigenvalue weighted by atomic mass is 15.2. The number of aromatic nitrogens is 1. The van der Waals surface area contributed by atoms with Crippen molar-refractivity contribution in [3.05, 3.63) is 30.1 Å². The molecule has 2 heterocycles. The van der Waals surface area contributed by atoms with Gasteiger partial charge >= 0.3 is 0 Å². The predicted molar refractivity (Wildman–Crippen MR) is 68.6 cm³/mol. The van der Waals surface area contributed by atoms with E-state index in [1.54, 1.807) is 0 Å². The van der Waals surface area contributed by atoms with Gasteiger partial charge in [-0.1, -0.05) is 6.07 Å².